The van der Waals surface area contributed by atoms with E-state index >= 15 is 0 Å². The van der Waals surface area contributed by atoms with Crippen molar-refractivity contribution in [2.75, 3.05) is 0 Å². The summed E-state index contributed by atoms with van der Waals surface area (Å²) in [5.41, 5.74) is -0.895. The van der Waals surface area contributed by atoms with Gasteiger partial charge in [-0.05, 0) is 52.2 Å². The van der Waals surface area contributed by atoms with Crippen LogP contribution in [0.25, 0.3) is 0 Å². The molecule has 0 aromatic rings. The fourth-order valence-corrected chi connectivity index (χ4v) is 2.81. The van der Waals surface area contributed by atoms with E-state index in [0.29, 0.717) is 17.6 Å². The summed E-state index contributed by atoms with van der Waals surface area (Å²) in [6.45, 7) is 8.50. The van der Waals surface area contributed by atoms with Crippen molar-refractivity contribution in [2.24, 2.45) is 10.8 Å². The molecular weight excluding hydrogens is 371 g/mol. The van der Waals surface area contributed by atoms with Gasteiger partial charge in [-0.1, -0.05) is 34.7 Å². The zero-order chi connectivity index (χ0) is 15.9. The first-order chi connectivity index (χ1) is 8.82. The molecule has 0 aliphatic heterocycles. The predicted molar refractivity (Wildman–Crippen MR) is 86.0 cm³/mol. The zero-order valence-electron chi connectivity index (χ0n) is 12.5. The van der Waals surface area contributed by atoms with E-state index in [1.165, 1.54) is 0 Å². The first-order valence-electron chi connectivity index (χ1n) is 6.41. The van der Waals surface area contributed by atoms with Crippen molar-refractivity contribution in [3.8, 4) is 0 Å². The number of carbonyl (C=O) groups is 2. The molecule has 2 N–H and O–H groups in total. The minimum atomic E-state index is -1.11. The van der Waals surface area contributed by atoms with Gasteiger partial charge in [0, 0.05) is 3.42 Å². The maximum absolute atomic E-state index is 11.6. The van der Waals surface area contributed by atoms with Crippen LogP contribution < -0.4 is 0 Å². The van der Waals surface area contributed by atoms with E-state index in [2.05, 4.69) is 22.6 Å². The molecule has 1 unspecified atom stereocenters. The van der Waals surface area contributed by atoms with Gasteiger partial charge in [0.15, 0.2) is 0 Å². The molecule has 0 saturated carbocycles. The highest BCUT2D eigenvalue weighted by atomic mass is 127. The number of hydrogen-bond acceptors (Lipinski definition) is 2. The number of hydrogen-bond donors (Lipinski definition) is 2. The molecule has 1 aliphatic rings. The molecule has 0 radical (unpaired) electrons. The SMILES string of the molecule is CC1(I)C=CC(C(C)(C)C(=O)O)=C(C(C)(C)C(=O)O)C1. The maximum atomic E-state index is 11.6. The number of aliphatic carboxylic acids is 2. The second-order valence-corrected chi connectivity index (χ2v) is 9.01. The summed E-state index contributed by atoms with van der Waals surface area (Å²) in [4.78, 5) is 23.1. The number of carboxylic acids is 2. The molecule has 1 aliphatic carbocycles. The molecule has 112 valence electrons. The Bertz CT molecular complexity index is 510. The van der Waals surface area contributed by atoms with Gasteiger partial charge < -0.3 is 10.2 Å². The Kier molecular flexibility index (Phi) is 4.44. The lowest BCUT2D eigenvalue weighted by molar-refractivity contribution is -0.146. The smallest absolute Gasteiger partial charge is 0.313 e. The van der Waals surface area contributed by atoms with Crippen molar-refractivity contribution in [3.05, 3.63) is 23.3 Å². The van der Waals surface area contributed by atoms with E-state index in [9.17, 15) is 19.8 Å². The van der Waals surface area contributed by atoms with Crippen molar-refractivity contribution >= 4 is 34.5 Å². The summed E-state index contributed by atoms with van der Waals surface area (Å²) in [5.74, 6) is -1.89. The van der Waals surface area contributed by atoms with Crippen molar-refractivity contribution in [1.29, 1.82) is 0 Å². The molecule has 1 atom stereocenters. The van der Waals surface area contributed by atoms with Gasteiger partial charge in [-0.25, -0.2) is 0 Å². The lowest BCUT2D eigenvalue weighted by atomic mass is 9.68. The number of halogens is 1. The second kappa shape index (κ2) is 5.16. The Morgan fingerprint density at radius 3 is 2.00 bits per heavy atom. The first kappa shape index (κ1) is 17.2. The van der Waals surface area contributed by atoms with Crippen LogP contribution in [0.4, 0.5) is 0 Å². The molecule has 20 heavy (non-hydrogen) atoms. The summed E-state index contributed by atoms with van der Waals surface area (Å²) >= 11 is 2.26. The summed E-state index contributed by atoms with van der Waals surface area (Å²) in [6.07, 6.45) is 4.27. The maximum Gasteiger partial charge on any atom is 0.313 e. The van der Waals surface area contributed by atoms with E-state index in [1.807, 2.05) is 13.0 Å². The average Bonchev–Trinajstić information content (AvgIpc) is 2.26. The third-order valence-corrected chi connectivity index (χ3v) is 4.68. The van der Waals surface area contributed by atoms with Gasteiger partial charge >= 0.3 is 11.9 Å². The Balaban J connectivity index is 3.55. The van der Waals surface area contributed by atoms with Crippen LogP contribution in [0.15, 0.2) is 23.3 Å². The third kappa shape index (κ3) is 3.07. The second-order valence-electron chi connectivity index (χ2n) is 6.54. The molecule has 0 heterocycles. The van der Waals surface area contributed by atoms with Crippen LogP contribution in [0.2, 0.25) is 0 Å². The number of rotatable bonds is 4. The molecule has 0 amide bonds. The molecular formula is C15H21IO4. The Morgan fingerprint density at radius 2 is 1.60 bits per heavy atom. The highest BCUT2D eigenvalue weighted by Gasteiger charge is 2.43. The van der Waals surface area contributed by atoms with E-state index < -0.39 is 22.8 Å². The quantitative estimate of drug-likeness (QED) is 0.566. The average molecular weight is 392 g/mol. The Labute approximate surface area is 133 Å². The molecule has 5 heteroatoms. The van der Waals surface area contributed by atoms with Gasteiger partial charge in [-0.15, -0.1) is 0 Å². The van der Waals surface area contributed by atoms with Gasteiger partial charge in [0.2, 0.25) is 0 Å². The van der Waals surface area contributed by atoms with Gasteiger partial charge in [0.1, 0.15) is 0 Å². The standard InChI is InChI=1S/C15H21IO4/c1-13(2,11(17)18)9-6-7-15(5,16)8-10(9)14(3,4)12(19)20/h6-7H,8H2,1-5H3,(H,17,18)(H,19,20). The van der Waals surface area contributed by atoms with Crippen LogP contribution in [-0.2, 0) is 9.59 Å². The fraction of sp³-hybridized carbons (Fsp3) is 0.600. The lowest BCUT2D eigenvalue weighted by Crippen LogP contribution is -2.37. The van der Waals surface area contributed by atoms with E-state index in [0.717, 1.165) is 0 Å². The highest BCUT2D eigenvalue weighted by Crippen LogP contribution is 2.47. The topological polar surface area (TPSA) is 74.6 Å². The minimum absolute atomic E-state index is 0.197. The zero-order valence-corrected chi connectivity index (χ0v) is 14.6. The van der Waals surface area contributed by atoms with Crippen LogP contribution >= 0.6 is 22.6 Å². The normalized spacial score (nSPS) is 23.9. The third-order valence-electron chi connectivity index (χ3n) is 3.94. The number of allylic oxidation sites excluding steroid dienone is 2. The minimum Gasteiger partial charge on any atom is -0.481 e. The van der Waals surface area contributed by atoms with Crippen LogP contribution in [-0.4, -0.2) is 25.6 Å². The highest BCUT2D eigenvalue weighted by molar-refractivity contribution is 14.1. The van der Waals surface area contributed by atoms with Gasteiger partial charge in [-0.2, -0.15) is 0 Å². The first-order valence-corrected chi connectivity index (χ1v) is 7.49. The summed E-state index contributed by atoms with van der Waals surface area (Å²) in [7, 11) is 0. The number of carboxylic acid groups (broad SMARTS) is 2. The van der Waals surface area contributed by atoms with Crippen molar-refractivity contribution < 1.29 is 19.8 Å². The van der Waals surface area contributed by atoms with E-state index in [1.54, 1.807) is 33.8 Å². The van der Waals surface area contributed by atoms with Crippen LogP contribution in [0.5, 0.6) is 0 Å². The summed E-state index contributed by atoms with van der Waals surface area (Å²) in [5, 5.41) is 18.9. The molecule has 0 spiro atoms. The molecule has 1 rings (SSSR count). The van der Waals surface area contributed by atoms with Crippen LogP contribution in [0.1, 0.15) is 41.0 Å². The van der Waals surface area contributed by atoms with E-state index in [-0.39, 0.29) is 3.42 Å². The lowest BCUT2D eigenvalue weighted by Gasteiger charge is -2.37. The fourth-order valence-electron chi connectivity index (χ4n) is 2.24. The van der Waals surface area contributed by atoms with Gasteiger partial charge in [0.25, 0.3) is 0 Å². The van der Waals surface area contributed by atoms with Crippen LogP contribution in [0.3, 0.4) is 0 Å². The number of alkyl halides is 1. The Hall–Kier alpha value is -0.850. The molecule has 4 nitrogen and oxygen atoms in total. The van der Waals surface area contributed by atoms with Crippen LogP contribution in [0, 0.1) is 10.8 Å². The largest absolute Gasteiger partial charge is 0.481 e. The molecule has 0 saturated heterocycles. The van der Waals surface area contributed by atoms with Gasteiger partial charge in [-0.3, -0.25) is 9.59 Å². The summed E-state index contributed by atoms with van der Waals surface area (Å²) in [6, 6.07) is 0. The molecule has 0 aromatic carbocycles. The molecule has 0 bridgehead atoms. The summed E-state index contributed by atoms with van der Waals surface area (Å²) < 4.78 is -0.197. The monoisotopic (exact) mass is 392 g/mol. The van der Waals surface area contributed by atoms with Crippen molar-refractivity contribution in [1.82, 2.24) is 0 Å². The van der Waals surface area contributed by atoms with Gasteiger partial charge in [0.05, 0.1) is 10.8 Å². The Morgan fingerprint density at radius 1 is 1.15 bits per heavy atom. The molecule has 0 aromatic heterocycles. The van der Waals surface area contributed by atoms with Crippen molar-refractivity contribution in [3.63, 3.8) is 0 Å². The predicted octanol–water partition coefficient (Wildman–Crippen LogP) is 3.66. The van der Waals surface area contributed by atoms with E-state index in [4.69, 9.17) is 0 Å². The molecule has 0 fully saturated rings. The van der Waals surface area contributed by atoms with Crippen molar-refractivity contribution in [2.45, 2.75) is 44.5 Å².